The Kier molecular flexibility index (Phi) is 5.36. The van der Waals surface area contributed by atoms with Crippen LogP contribution >= 0.6 is 57.9 Å². The van der Waals surface area contributed by atoms with E-state index < -0.39 is 0 Å². The van der Waals surface area contributed by atoms with Crippen molar-refractivity contribution in [3.8, 4) is 0 Å². The summed E-state index contributed by atoms with van der Waals surface area (Å²) in [5.41, 5.74) is 0.445. The molecule has 100 valence electrons. The molecule has 1 N–H and O–H groups in total. The van der Waals surface area contributed by atoms with Crippen LogP contribution in [0.15, 0.2) is 28.0 Å². The van der Waals surface area contributed by atoms with Crippen molar-refractivity contribution in [1.82, 2.24) is 4.98 Å². The average molecular weight is 354 g/mol. The maximum absolute atomic E-state index is 11.8. The van der Waals surface area contributed by atoms with Crippen LogP contribution in [0.4, 0.5) is 5.69 Å². The van der Waals surface area contributed by atoms with Crippen LogP contribution in [-0.4, -0.2) is 16.6 Å². The third kappa shape index (κ3) is 4.26. The van der Waals surface area contributed by atoms with Gasteiger partial charge < -0.3 is 5.32 Å². The molecule has 0 bridgehead atoms. The van der Waals surface area contributed by atoms with Crippen LogP contribution in [0.25, 0.3) is 0 Å². The molecule has 1 aromatic heterocycles. The second-order valence-electron chi connectivity index (χ2n) is 3.38. The zero-order valence-electron chi connectivity index (χ0n) is 9.32. The van der Waals surface area contributed by atoms with E-state index >= 15 is 0 Å². The Hall–Kier alpha value is -0.460. The summed E-state index contributed by atoms with van der Waals surface area (Å²) in [6, 6.07) is 3.02. The molecule has 1 aromatic carbocycles. The summed E-state index contributed by atoms with van der Waals surface area (Å²) < 4.78 is 0.843. The second kappa shape index (κ2) is 6.81. The van der Waals surface area contributed by atoms with Crippen LogP contribution < -0.4 is 5.32 Å². The third-order valence-electron chi connectivity index (χ3n) is 2.02. The Labute approximate surface area is 133 Å². The van der Waals surface area contributed by atoms with Gasteiger partial charge >= 0.3 is 0 Å². The number of carbonyl (C=O) groups is 1. The van der Waals surface area contributed by atoms with E-state index in [9.17, 15) is 4.79 Å². The molecule has 19 heavy (non-hydrogen) atoms. The van der Waals surface area contributed by atoms with Gasteiger partial charge in [-0.2, -0.15) is 0 Å². The molecule has 0 aliphatic heterocycles. The molecule has 0 saturated heterocycles. The smallest absolute Gasteiger partial charge is 0.234 e. The van der Waals surface area contributed by atoms with Crippen molar-refractivity contribution in [2.75, 3.05) is 11.1 Å². The van der Waals surface area contributed by atoms with Crippen LogP contribution in [0.2, 0.25) is 15.1 Å². The SMILES string of the molecule is O=C(CSc1nccs1)Nc1cc(Cl)c(Cl)cc1Cl. The average Bonchev–Trinajstić information content (AvgIpc) is 2.86. The van der Waals surface area contributed by atoms with Crippen LogP contribution in [0.3, 0.4) is 0 Å². The van der Waals surface area contributed by atoms with E-state index in [2.05, 4.69) is 10.3 Å². The normalized spacial score (nSPS) is 10.5. The van der Waals surface area contributed by atoms with Crippen molar-refractivity contribution in [2.24, 2.45) is 0 Å². The maximum Gasteiger partial charge on any atom is 0.234 e. The van der Waals surface area contributed by atoms with Crippen molar-refractivity contribution < 1.29 is 4.79 Å². The molecular weight excluding hydrogens is 347 g/mol. The van der Waals surface area contributed by atoms with Crippen molar-refractivity contribution in [1.29, 1.82) is 0 Å². The van der Waals surface area contributed by atoms with Gasteiger partial charge in [0.25, 0.3) is 0 Å². The molecule has 0 unspecified atom stereocenters. The van der Waals surface area contributed by atoms with E-state index in [1.165, 1.54) is 35.2 Å². The highest BCUT2D eigenvalue weighted by Crippen LogP contribution is 2.32. The number of carbonyl (C=O) groups excluding carboxylic acids is 1. The Morgan fingerprint density at radius 2 is 2.00 bits per heavy atom. The summed E-state index contributed by atoms with van der Waals surface area (Å²) in [5, 5.41) is 5.58. The number of thiazole rings is 1. The van der Waals surface area contributed by atoms with Gasteiger partial charge in [0.1, 0.15) is 4.34 Å². The van der Waals surface area contributed by atoms with E-state index in [0.29, 0.717) is 20.8 Å². The first-order chi connectivity index (χ1) is 9.06. The first-order valence-electron chi connectivity index (χ1n) is 5.03. The van der Waals surface area contributed by atoms with E-state index in [1.807, 2.05) is 5.38 Å². The highest BCUT2D eigenvalue weighted by molar-refractivity contribution is 8.01. The van der Waals surface area contributed by atoms with Crippen molar-refractivity contribution >= 4 is 69.5 Å². The lowest BCUT2D eigenvalue weighted by Gasteiger charge is -2.08. The fourth-order valence-electron chi connectivity index (χ4n) is 1.21. The molecule has 0 fully saturated rings. The minimum absolute atomic E-state index is 0.180. The van der Waals surface area contributed by atoms with Gasteiger partial charge in [0.05, 0.1) is 26.5 Å². The number of hydrogen-bond donors (Lipinski definition) is 1. The predicted molar refractivity (Wildman–Crippen MR) is 82.9 cm³/mol. The molecule has 0 aliphatic carbocycles. The molecule has 0 aliphatic rings. The van der Waals surface area contributed by atoms with Crippen LogP contribution in [0.5, 0.6) is 0 Å². The lowest BCUT2D eigenvalue weighted by Crippen LogP contribution is -2.14. The van der Waals surface area contributed by atoms with Gasteiger partial charge in [-0.1, -0.05) is 46.6 Å². The summed E-state index contributed by atoms with van der Waals surface area (Å²) in [6.45, 7) is 0. The molecule has 2 rings (SSSR count). The third-order valence-corrected chi connectivity index (χ3v) is 5.02. The Bertz CT molecular complexity index is 590. The summed E-state index contributed by atoms with van der Waals surface area (Å²) in [4.78, 5) is 15.8. The molecule has 0 saturated carbocycles. The molecule has 0 atom stereocenters. The Balaban J connectivity index is 1.97. The van der Waals surface area contributed by atoms with Crippen molar-refractivity contribution in [2.45, 2.75) is 4.34 Å². The number of hydrogen-bond acceptors (Lipinski definition) is 4. The summed E-state index contributed by atoms with van der Waals surface area (Å²) >= 11 is 20.5. The first-order valence-corrected chi connectivity index (χ1v) is 8.03. The molecular formula is C11H7Cl3N2OS2. The topological polar surface area (TPSA) is 42.0 Å². The standard InChI is InChI=1S/C11H7Cl3N2OS2/c12-6-3-8(14)9(4-7(6)13)16-10(17)5-19-11-15-1-2-18-11/h1-4H,5H2,(H,16,17). The van der Waals surface area contributed by atoms with Gasteiger partial charge in [0.15, 0.2) is 0 Å². The van der Waals surface area contributed by atoms with Crippen molar-refractivity contribution in [3.63, 3.8) is 0 Å². The first kappa shape index (κ1) is 14.9. The largest absolute Gasteiger partial charge is 0.324 e. The predicted octanol–water partition coefficient (Wildman–Crippen LogP) is 4.83. The number of halogens is 3. The second-order valence-corrected chi connectivity index (χ2v) is 6.72. The van der Waals surface area contributed by atoms with Crippen molar-refractivity contribution in [3.05, 3.63) is 38.8 Å². The van der Waals surface area contributed by atoms with Crippen LogP contribution in [-0.2, 0) is 4.79 Å². The van der Waals surface area contributed by atoms with Gasteiger partial charge in [0.2, 0.25) is 5.91 Å². The summed E-state index contributed by atoms with van der Waals surface area (Å²) in [6.07, 6.45) is 1.70. The molecule has 1 amide bonds. The lowest BCUT2D eigenvalue weighted by molar-refractivity contribution is -0.113. The van der Waals surface area contributed by atoms with E-state index in [-0.39, 0.29) is 11.7 Å². The van der Waals surface area contributed by atoms with Crippen LogP contribution in [0, 0.1) is 0 Å². The fraction of sp³-hybridized carbons (Fsp3) is 0.0909. The van der Waals surface area contributed by atoms with Gasteiger partial charge in [-0.15, -0.1) is 11.3 Å². The number of benzene rings is 1. The fourth-order valence-corrected chi connectivity index (χ4v) is 3.25. The number of nitrogens with one attached hydrogen (secondary N) is 1. The number of amides is 1. The Morgan fingerprint density at radius 1 is 1.26 bits per heavy atom. The molecule has 0 radical (unpaired) electrons. The molecule has 8 heteroatoms. The monoisotopic (exact) mass is 352 g/mol. The lowest BCUT2D eigenvalue weighted by atomic mass is 10.3. The highest BCUT2D eigenvalue weighted by atomic mass is 35.5. The number of rotatable bonds is 4. The molecule has 0 spiro atoms. The molecule has 2 aromatic rings. The maximum atomic E-state index is 11.8. The zero-order chi connectivity index (χ0) is 13.8. The van der Waals surface area contributed by atoms with Gasteiger partial charge in [-0.3, -0.25) is 4.79 Å². The number of nitrogens with zero attached hydrogens (tertiary/aromatic N) is 1. The minimum atomic E-state index is -0.180. The quantitative estimate of drug-likeness (QED) is 0.632. The van der Waals surface area contributed by atoms with E-state index in [1.54, 1.807) is 6.20 Å². The zero-order valence-corrected chi connectivity index (χ0v) is 13.2. The Morgan fingerprint density at radius 3 is 2.68 bits per heavy atom. The van der Waals surface area contributed by atoms with Gasteiger partial charge in [-0.25, -0.2) is 4.98 Å². The molecule has 1 heterocycles. The summed E-state index contributed by atoms with van der Waals surface area (Å²) in [7, 11) is 0. The minimum Gasteiger partial charge on any atom is -0.324 e. The highest BCUT2D eigenvalue weighted by Gasteiger charge is 2.10. The molecule has 3 nitrogen and oxygen atoms in total. The van der Waals surface area contributed by atoms with E-state index in [4.69, 9.17) is 34.8 Å². The number of aromatic nitrogens is 1. The van der Waals surface area contributed by atoms with Gasteiger partial charge in [-0.05, 0) is 12.1 Å². The number of thioether (sulfide) groups is 1. The van der Waals surface area contributed by atoms with Gasteiger partial charge in [0, 0.05) is 11.6 Å². The summed E-state index contributed by atoms with van der Waals surface area (Å²) in [5.74, 6) is 0.0740. The van der Waals surface area contributed by atoms with Crippen LogP contribution in [0.1, 0.15) is 0 Å². The number of anilines is 1. The van der Waals surface area contributed by atoms with E-state index in [0.717, 1.165) is 4.34 Å².